The van der Waals surface area contributed by atoms with Crippen molar-refractivity contribution in [2.24, 2.45) is 0 Å². The van der Waals surface area contributed by atoms with Gasteiger partial charge in [-0.15, -0.1) is 0 Å². The molecule has 2 N–H and O–H groups in total. The monoisotopic (exact) mass is 500 g/mol. The van der Waals surface area contributed by atoms with Crippen LogP contribution in [0.4, 0.5) is 27.6 Å². The van der Waals surface area contributed by atoms with Crippen LogP contribution < -0.4 is 4.72 Å². The number of H-pyrrole nitrogens is 1. The molecule has 3 heterocycles. The lowest BCUT2D eigenvalue weighted by Crippen LogP contribution is -2.13. The molecule has 0 aliphatic carbocycles. The van der Waals surface area contributed by atoms with Gasteiger partial charge in [-0.25, -0.2) is 23.0 Å². The van der Waals surface area contributed by atoms with Crippen molar-refractivity contribution in [3.63, 3.8) is 0 Å². The quantitative estimate of drug-likeness (QED) is 0.288. The van der Waals surface area contributed by atoms with E-state index >= 15 is 4.39 Å². The van der Waals surface area contributed by atoms with E-state index in [2.05, 4.69) is 19.7 Å². The third-order valence-electron chi connectivity index (χ3n) is 4.52. The maximum absolute atomic E-state index is 15.1. The highest BCUT2D eigenvalue weighted by Gasteiger charge is 2.31. The number of nitrogens with one attached hydrogen (secondary N) is 2. The van der Waals surface area contributed by atoms with Gasteiger partial charge in [-0.2, -0.15) is 13.2 Å². The fourth-order valence-corrected chi connectivity index (χ4v) is 3.91. The van der Waals surface area contributed by atoms with Gasteiger partial charge in [-0.1, -0.05) is 11.6 Å². The highest BCUT2D eigenvalue weighted by molar-refractivity contribution is 7.86. The summed E-state index contributed by atoms with van der Waals surface area (Å²) in [5.41, 5.74) is -2.33. The van der Waals surface area contributed by atoms with Gasteiger partial charge in [-0.3, -0.25) is 9.52 Å². The van der Waals surface area contributed by atoms with Crippen LogP contribution in [0.5, 0.6) is 0 Å². The molecule has 0 amide bonds. The maximum Gasteiger partial charge on any atom is 0.417 e. The molecular weight excluding hydrogens is 491 g/mol. The van der Waals surface area contributed by atoms with Crippen molar-refractivity contribution < 1.29 is 31.0 Å². The standard InChI is InChI=1S/C20H10ClF5N4O2S/c21-10-5-11-12(8-29-19(11)28-7-10)18(31)16-13(22)2-3-14(17(16)23)30-33(32)15-4-1-9(6-27-15)20(24,25)26/h1-8,30H,(H,28,29). The molecule has 0 saturated heterocycles. The number of pyridine rings is 2. The Bertz CT molecular complexity index is 1410. The molecule has 6 nitrogen and oxygen atoms in total. The largest absolute Gasteiger partial charge is 0.417 e. The molecule has 170 valence electrons. The molecule has 13 heteroatoms. The van der Waals surface area contributed by atoms with Crippen LogP contribution in [0.25, 0.3) is 11.0 Å². The Kier molecular flexibility index (Phi) is 5.89. The second-order valence-corrected chi connectivity index (χ2v) is 8.22. The van der Waals surface area contributed by atoms with E-state index < -0.39 is 51.4 Å². The number of benzene rings is 1. The summed E-state index contributed by atoms with van der Waals surface area (Å²) in [4.78, 5) is 23.1. The third kappa shape index (κ3) is 4.44. The number of aromatic amines is 1. The SMILES string of the molecule is O=C(c1c(F)ccc(NS(=O)c2ccc(C(F)(F)F)cn2)c1F)c1c[nH]c2ncc(Cl)cc12. The normalized spacial score (nSPS) is 12.7. The highest BCUT2D eigenvalue weighted by Crippen LogP contribution is 2.30. The van der Waals surface area contributed by atoms with Crippen LogP contribution in [-0.4, -0.2) is 24.9 Å². The first-order chi connectivity index (χ1) is 15.6. The number of carbonyl (C=O) groups is 1. The van der Waals surface area contributed by atoms with Crippen molar-refractivity contribution in [1.29, 1.82) is 0 Å². The highest BCUT2D eigenvalue weighted by atomic mass is 35.5. The van der Waals surface area contributed by atoms with Crippen LogP contribution >= 0.6 is 11.6 Å². The van der Waals surface area contributed by atoms with Gasteiger partial charge in [0.25, 0.3) is 0 Å². The minimum Gasteiger partial charge on any atom is -0.345 e. The Hall–Kier alpha value is -3.38. The number of halogens is 6. The van der Waals surface area contributed by atoms with E-state index in [1.54, 1.807) is 0 Å². The summed E-state index contributed by atoms with van der Waals surface area (Å²) in [5.74, 6) is -3.54. The lowest BCUT2D eigenvalue weighted by atomic mass is 10.0. The van der Waals surface area contributed by atoms with Crippen molar-refractivity contribution >= 4 is 45.1 Å². The summed E-state index contributed by atoms with van der Waals surface area (Å²) in [6.45, 7) is 0. The van der Waals surface area contributed by atoms with Crippen LogP contribution in [-0.2, 0) is 17.2 Å². The van der Waals surface area contributed by atoms with E-state index in [-0.39, 0.29) is 26.6 Å². The van der Waals surface area contributed by atoms with Crippen LogP contribution in [0.3, 0.4) is 0 Å². The lowest BCUT2D eigenvalue weighted by Gasteiger charge is -2.11. The predicted molar refractivity (Wildman–Crippen MR) is 110 cm³/mol. The van der Waals surface area contributed by atoms with Gasteiger partial charge in [0, 0.05) is 29.5 Å². The maximum atomic E-state index is 15.1. The fraction of sp³-hybridized carbons (Fsp3) is 0.0500. The number of anilines is 1. The summed E-state index contributed by atoms with van der Waals surface area (Å²) in [7, 11) is -2.31. The first-order valence-corrected chi connectivity index (χ1v) is 10.5. The Morgan fingerprint density at radius 3 is 2.52 bits per heavy atom. The Morgan fingerprint density at radius 2 is 1.85 bits per heavy atom. The summed E-state index contributed by atoms with van der Waals surface area (Å²) in [6, 6.07) is 4.60. The molecule has 0 fully saturated rings. The smallest absolute Gasteiger partial charge is 0.345 e. The molecule has 0 spiro atoms. The van der Waals surface area contributed by atoms with Crippen LogP contribution in [0, 0.1) is 11.6 Å². The summed E-state index contributed by atoms with van der Waals surface area (Å²) in [5, 5.41) is 0.103. The van der Waals surface area contributed by atoms with Gasteiger partial charge in [0.1, 0.15) is 16.5 Å². The second-order valence-electron chi connectivity index (χ2n) is 6.62. The number of rotatable bonds is 5. The van der Waals surface area contributed by atoms with E-state index in [0.717, 1.165) is 18.2 Å². The summed E-state index contributed by atoms with van der Waals surface area (Å²) >= 11 is 5.89. The Labute approximate surface area is 189 Å². The molecule has 0 aliphatic heterocycles. The number of aromatic nitrogens is 3. The van der Waals surface area contributed by atoms with Crippen LogP contribution in [0.2, 0.25) is 5.02 Å². The van der Waals surface area contributed by atoms with Crippen molar-refractivity contribution in [2.75, 3.05) is 4.72 Å². The Morgan fingerprint density at radius 1 is 1.09 bits per heavy atom. The van der Waals surface area contributed by atoms with Crippen molar-refractivity contribution in [3.05, 3.63) is 82.3 Å². The number of nitrogens with zero attached hydrogens (tertiary/aromatic N) is 2. The summed E-state index contributed by atoms with van der Waals surface area (Å²) in [6.07, 6.45) is -1.62. The second kappa shape index (κ2) is 8.52. The molecule has 1 atom stereocenters. The average Bonchev–Trinajstić information content (AvgIpc) is 3.18. The molecule has 4 rings (SSSR count). The molecule has 3 aromatic heterocycles. The number of carbonyl (C=O) groups excluding carboxylic acids is 1. The number of ketones is 1. The molecule has 4 aromatic rings. The molecule has 1 aromatic carbocycles. The third-order valence-corrected chi connectivity index (χ3v) is 5.75. The molecule has 1 unspecified atom stereocenters. The molecule has 0 saturated carbocycles. The molecular formula is C20H10ClF5N4O2S. The fourth-order valence-electron chi connectivity index (χ4n) is 2.95. The van der Waals surface area contributed by atoms with E-state index in [9.17, 15) is 26.6 Å². The topological polar surface area (TPSA) is 87.7 Å². The Balaban J connectivity index is 1.66. The summed E-state index contributed by atoms with van der Waals surface area (Å²) < 4.78 is 82.1. The van der Waals surface area contributed by atoms with E-state index in [4.69, 9.17) is 11.6 Å². The van der Waals surface area contributed by atoms with E-state index in [0.29, 0.717) is 12.3 Å². The first-order valence-electron chi connectivity index (χ1n) is 8.93. The van der Waals surface area contributed by atoms with Gasteiger partial charge >= 0.3 is 6.18 Å². The van der Waals surface area contributed by atoms with Crippen molar-refractivity contribution in [3.8, 4) is 0 Å². The van der Waals surface area contributed by atoms with E-state index in [1.807, 2.05) is 0 Å². The van der Waals surface area contributed by atoms with Gasteiger partial charge in [0.2, 0.25) is 5.78 Å². The van der Waals surface area contributed by atoms with Crippen LogP contribution in [0.15, 0.2) is 53.9 Å². The van der Waals surface area contributed by atoms with Crippen molar-refractivity contribution in [2.45, 2.75) is 11.2 Å². The zero-order valence-corrected chi connectivity index (χ0v) is 17.6. The van der Waals surface area contributed by atoms with Gasteiger partial charge in [-0.05, 0) is 30.3 Å². The van der Waals surface area contributed by atoms with Gasteiger partial charge in [0.15, 0.2) is 16.8 Å². The number of hydrogen-bond acceptors (Lipinski definition) is 4. The minimum atomic E-state index is -4.64. The lowest BCUT2D eigenvalue weighted by molar-refractivity contribution is -0.137. The van der Waals surface area contributed by atoms with Crippen LogP contribution in [0.1, 0.15) is 21.5 Å². The number of hydrogen-bond donors (Lipinski definition) is 2. The van der Waals surface area contributed by atoms with E-state index in [1.165, 1.54) is 18.5 Å². The minimum absolute atomic E-state index is 0.0968. The predicted octanol–water partition coefficient (Wildman–Crippen LogP) is 5.27. The van der Waals surface area contributed by atoms with Crippen molar-refractivity contribution in [1.82, 2.24) is 15.0 Å². The molecule has 0 radical (unpaired) electrons. The molecule has 0 aliphatic rings. The molecule has 0 bridgehead atoms. The number of alkyl halides is 3. The zero-order valence-electron chi connectivity index (χ0n) is 16.0. The first kappa shape index (κ1) is 22.8. The van der Waals surface area contributed by atoms with Gasteiger partial charge in [0.05, 0.1) is 21.8 Å². The average molecular weight is 501 g/mol. The zero-order chi connectivity index (χ0) is 23.9. The number of fused-ring (bicyclic) bond motifs is 1. The molecule has 33 heavy (non-hydrogen) atoms. The van der Waals surface area contributed by atoms with Gasteiger partial charge < -0.3 is 4.98 Å².